The average Bonchev–Trinajstić information content (AvgIpc) is 3.19. The molecular formula is C14H20N2O3S. The quantitative estimate of drug-likeness (QED) is 0.865. The van der Waals surface area contributed by atoms with Crippen molar-refractivity contribution in [1.29, 1.82) is 0 Å². The first-order chi connectivity index (χ1) is 9.43. The second-order valence-corrected chi connectivity index (χ2v) is 6.96. The van der Waals surface area contributed by atoms with Gasteiger partial charge in [-0.2, -0.15) is 0 Å². The van der Waals surface area contributed by atoms with E-state index in [0.29, 0.717) is 12.1 Å². The number of carbonyl (C=O) groups is 1. The summed E-state index contributed by atoms with van der Waals surface area (Å²) in [6, 6.07) is 8.26. The number of amides is 1. The molecule has 1 aromatic carbocycles. The van der Waals surface area contributed by atoms with Crippen molar-refractivity contribution in [1.82, 2.24) is 5.32 Å². The Bertz CT molecular complexity index is 567. The van der Waals surface area contributed by atoms with E-state index in [9.17, 15) is 13.2 Å². The first-order valence-corrected chi connectivity index (χ1v) is 8.63. The molecule has 1 unspecified atom stereocenters. The molecule has 2 rings (SSSR count). The molecule has 1 aromatic rings. The molecule has 0 aliphatic heterocycles. The zero-order valence-electron chi connectivity index (χ0n) is 11.7. The number of carbonyl (C=O) groups excluding carboxylic acids is 1. The number of nitrogens with zero attached hydrogens (tertiary/aromatic N) is 1. The number of sulfonamides is 1. The van der Waals surface area contributed by atoms with Gasteiger partial charge < -0.3 is 5.32 Å². The lowest BCUT2D eigenvalue weighted by atomic mass is 10.2. The van der Waals surface area contributed by atoms with Crippen molar-refractivity contribution in [2.45, 2.75) is 38.3 Å². The van der Waals surface area contributed by atoms with Gasteiger partial charge in [0.05, 0.1) is 11.9 Å². The molecule has 1 atom stereocenters. The number of anilines is 1. The molecule has 1 fully saturated rings. The summed E-state index contributed by atoms with van der Waals surface area (Å²) in [6.07, 6.45) is 3.52. The SMILES string of the molecule is CCC(C(=O)NC1CC1)N(c1ccccc1)S(C)(=O)=O. The second-order valence-electron chi connectivity index (χ2n) is 5.10. The average molecular weight is 296 g/mol. The normalized spacial score (nSPS) is 16.5. The van der Waals surface area contributed by atoms with E-state index in [1.807, 2.05) is 13.0 Å². The Morgan fingerprint density at radius 1 is 1.35 bits per heavy atom. The van der Waals surface area contributed by atoms with Crippen LogP contribution in [0.25, 0.3) is 0 Å². The predicted octanol–water partition coefficient (Wildman–Crippen LogP) is 1.51. The third-order valence-corrected chi connectivity index (χ3v) is 4.44. The van der Waals surface area contributed by atoms with Gasteiger partial charge in [0.2, 0.25) is 15.9 Å². The monoisotopic (exact) mass is 296 g/mol. The van der Waals surface area contributed by atoms with E-state index in [0.717, 1.165) is 19.1 Å². The highest BCUT2D eigenvalue weighted by Gasteiger charge is 2.34. The molecule has 0 aromatic heterocycles. The van der Waals surface area contributed by atoms with E-state index in [4.69, 9.17) is 0 Å². The van der Waals surface area contributed by atoms with Gasteiger partial charge in [-0.15, -0.1) is 0 Å². The number of benzene rings is 1. The van der Waals surface area contributed by atoms with Crippen LogP contribution in [0.5, 0.6) is 0 Å². The van der Waals surface area contributed by atoms with Crippen molar-refractivity contribution < 1.29 is 13.2 Å². The molecule has 0 bridgehead atoms. The molecule has 1 aliphatic carbocycles. The van der Waals surface area contributed by atoms with Crippen LogP contribution in [0.1, 0.15) is 26.2 Å². The Morgan fingerprint density at radius 2 is 1.95 bits per heavy atom. The van der Waals surface area contributed by atoms with E-state index >= 15 is 0 Å². The highest BCUT2D eigenvalue weighted by atomic mass is 32.2. The van der Waals surface area contributed by atoms with Gasteiger partial charge in [-0.25, -0.2) is 8.42 Å². The zero-order valence-corrected chi connectivity index (χ0v) is 12.6. The zero-order chi connectivity index (χ0) is 14.8. The number of para-hydroxylation sites is 1. The predicted molar refractivity (Wildman–Crippen MR) is 79.0 cm³/mol. The molecule has 110 valence electrons. The highest BCUT2D eigenvalue weighted by molar-refractivity contribution is 7.92. The van der Waals surface area contributed by atoms with Crippen LogP contribution in [0.3, 0.4) is 0 Å². The number of rotatable bonds is 6. The smallest absolute Gasteiger partial charge is 0.244 e. The number of nitrogens with one attached hydrogen (secondary N) is 1. The molecule has 6 heteroatoms. The summed E-state index contributed by atoms with van der Waals surface area (Å²) >= 11 is 0. The summed E-state index contributed by atoms with van der Waals surface area (Å²) in [5.41, 5.74) is 0.521. The van der Waals surface area contributed by atoms with Gasteiger partial charge in [0.1, 0.15) is 6.04 Å². The van der Waals surface area contributed by atoms with Crippen molar-refractivity contribution in [3.63, 3.8) is 0 Å². The van der Waals surface area contributed by atoms with Crippen LogP contribution in [0.15, 0.2) is 30.3 Å². The summed E-state index contributed by atoms with van der Waals surface area (Å²) < 4.78 is 25.4. The summed E-state index contributed by atoms with van der Waals surface area (Å²) in [6.45, 7) is 1.82. The molecule has 0 spiro atoms. The number of hydrogen-bond acceptors (Lipinski definition) is 3. The largest absolute Gasteiger partial charge is 0.352 e. The molecule has 5 nitrogen and oxygen atoms in total. The molecule has 1 N–H and O–H groups in total. The topological polar surface area (TPSA) is 66.5 Å². The lowest BCUT2D eigenvalue weighted by Gasteiger charge is -2.30. The summed E-state index contributed by atoms with van der Waals surface area (Å²) in [5, 5.41) is 2.88. The third kappa shape index (κ3) is 3.50. The second kappa shape index (κ2) is 5.83. The minimum atomic E-state index is -3.52. The maximum Gasteiger partial charge on any atom is 0.244 e. The first kappa shape index (κ1) is 14.8. The van der Waals surface area contributed by atoms with E-state index in [2.05, 4.69) is 5.32 Å². The van der Waals surface area contributed by atoms with Crippen LogP contribution < -0.4 is 9.62 Å². The molecule has 0 heterocycles. The standard InChI is InChI=1S/C14H20N2O3S/c1-3-13(14(17)15-11-9-10-11)16(20(2,18)19)12-7-5-4-6-8-12/h4-8,11,13H,3,9-10H2,1-2H3,(H,15,17). The minimum Gasteiger partial charge on any atom is -0.352 e. The molecule has 0 saturated heterocycles. The maximum absolute atomic E-state index is 12.3. The van der Waals surface area contributed by atoms with Crippen molar-refractivity contribution in [2.75, 3.05) is 10.6 Å². The van der Waals surface area contributed by atoms with E-state index in [1.165, 1.54) is 4.31 Å². The summed E-state index contributed by atoms with van der Waals surface area (Å²) in [5.74, 6) is -0.218. The van der Waals surface area contributed by atoms with Crippen LogP contribution in [-0.4, -0.2) is 32.7 Å². The maximum atomic E-state index is 12.3. The van der Waals surface area contributed by atoms with Crippen LogP contribution in [0.4, 0.5) is 5.69 Å². The van der Waals surface area contributed by atoms with Crippen LogP contribution >= 0.6 is 0 Å². The first-order valence-electron chi connectivity index (χ1n) is 6.78. The van der Waals surface area contributed by atoms with Crippen LogP contribution in [-0.2, 0) is 14.8 Å². The van der Waals surface area contributed by atoms with Gasteiger partial charge in [-0.05, 0) is 31.4 Å². The fourth-order valence-corrected chi connectivity index (χ4v) is 3.37. The van der Waals surface area contributed by atoms with Crippen LogP contribution in [0.2, 0.25) is 0 Å². The van der Waals surface area contributed by atoms with Crippen molar-refractivity contribution in [3.05, 3.63) is 30.3 Å². The van der Waals surface area contributed by atoms with Crippen LogP contribution in [0, 0.1) is 0 Å². The number of hydrogen-bond donors (Lipinski definition) is 1. The Labute approximate surface area is 120 Å². The minimum absolute atomic E-state index is 0.216. The third-order valence-electron chi connectivity index (χ3n) is 3.26. The van der Waals surface area contributed by atoms with Gasteiger partial charge in [0.25, 0.3) is 0 Å². The van der Waals surface area contributed by atoms with Gasteiger partial charge in [0.15, 0.2) is 0 Å². The molecular weight excluding hydrogens is 276 g/mol. The molecule has 20 heavy (non-hydrogen) atoms. The lowest BCUT2D eigenvalue weighted by Crippen LogP contribution is -2.49. The summed E-state index contributed by atoms with van der Waals surface area (Å²) in [4.78, 5) is 12.3. The van der Waals surface area contributed by atoms with Crippen molar-refractivity contribution in [2.24, 2.45) is 0 Å². The van der Waals surface area contributed by atoms with E-state index in [1.54, 1.807) is 24.3 Å². The van der Waals surface area contributed by atoms with E-state index < -0.39 is 16.1 Å². The molecule has 1 aliphatic rings. The van der Waals surface area contributed by atoms with Gasteiger partial charge >= 0.3 is 0 Å². The Kier molecular flexibility index (Phi) is 4.32. The molecule has 1 amide bonds. The van der Waals surface area contributed by atoms with Crippen molar-refractivity contribution in [3.8, 4) is 0 Å². The fraction of sp³-hybridized carbons (Fsp3) is 0.500. The molecule has 1 saturated carbocycles. The highest BCUT2D eigenvalue weighted by Crippen LogP contribution is 2.24. The van der Waals surface area contributed by atoms with Gasteiger partial charge in [-0.1, -0.05) is 25.1 Å². The Hall–Kier alpha value is -1.56. The lowest BCUT2D eigenvalue weighted by molar-refractivity contribution is -0.122. The van der Waals surface area contributed by atoms with E-state index in [-0.39, 0.29) is 11.9 Å². The fourth-order valence-electron chi connectivity index (χ4n) is 2.16. The Balaban J connectivity index is 2.31. The summed E-state index contributed by atoms with van der Waals surface area (Å²) in [7, 11) is -3.52. The van der Waals surface area contributed by atoms with Gasteiger partial charge in [0, 0.05) is 6.04 Å². The Morgan fingerprint density at radius 3 is 2.40 bits per heavy atom. The molecule has 0 radical (unpaired) electrons. The van der Waals surface area contributed by atoms with Gasteiger partial charge in [-0.3, -0.25) is 9.10 Å². The van der Waals surface area contributed by atoms with Crippen molar-refractivity contribution >= 4 is 21.6 Å².